The maximum atomic E-state index is 2.41. The van der Waals surface area contributed by atoms with E-state index in [1.54, 1.807) is 0 Å². The Balaban J connectivity index is 1.96. The van der Waals surface area contributed by atoms with Gasteiger partial charge in [-0.2, -0.15) is 0 Å². The van der Waals surface area contributed by atoms with Crippen LogP contribution < -0.4 is 0 Å². The van der Waals surface area contributed by atoms with Gasteiger partial charge >= 0.3 is 0 Å². The third-order valence-corrected chi connectivity index (χ3v) is 5.72. The van der Waals surface area contributed by atoms with Gasteiger partial charge in [0.05, 0.1) is 16.6 Å². The largest absolute Gasteiger partial charge is 0.342 e. The van der Waals surface area contributed by atoms with Crippen LogP contribution in [0.4, 0.5) is 0 Å². The lowest BCUT2D eigenvalue weighted by molar-refractivity contribution is 1.01. The minimum Gasteiger partial charge on any atom is -0.342 e. The molecule has 0 aliphatic rings. The molecule has 2 heterocycles. The SMILES string of the molecule is Cn1c2ccccc2c2ccc3c4ccccc4n(-c4ccccc4)c3c21. The number of aryl methyl sites for hydroxylation is 1. The number of aromatic nitrogens is 2. The van der Waals surface area contributed by atoms with Crippen LogP contribution in [0.1, 0.15) is 0 Å². The summed E-state index contributed by atoms with van der Waals surface area (Å²) in [6, 6.07) is 32.6. The first-order valence-electron chi connectivity index (χ1n) is 9.29. The van der Waals surface area contributed by atoms with Gasteiger partial charge in [-0.15, -0.1) is 0 Å². The Labute approximate surface area is 156 Å². The third kappa shape index (κ3) is 1.85. The van der Waals surface area contributed by atoms with Crippen LogP contribution in [0.25, 0.3) is 49.3 Å². The Bertz CT molecular complexity index is 1470. The molecule has 0 aliphatic heterocycles. The standard InChI is InChI=1S/C25H18N2/c1-26-22-13-7-5-11-18(22)20-15-16-21-19-12-6-8-14-23(19)27(25(21)24(20)26)17-9-3-2-4-10-17/h2-16H,1H3. The van der Waals surface area contributed by atoms with Crippen molar-refractivity contribution in [3.05, 3.63) is 91.0 Å². The molecular formula is C25H18N2. The van der Waals surface area contributed by atoms with E-state index in [2.05, 4.69) is 107 Å². The number of fused-ring (bicyclic) bond motifs is 7. The Morgan fingerprint density at radius 3 is 1.78 bits per heavy atom. The van der Waals surface area contributed by atoms with Gasteiger partial charge in [-0.1, -0.05) is 66.7 Å². The molecule has 0 fully saturated rings. The van der Waals surface area contributed by atoms with Gasteiger partial charge in [0.15, 0.2) is 0 Å². The monoisotopic (exact) mass is 346 g/mol. The highest BCUT2D eigenvalue weighted by Crippen LogP contribution is 2.39. The molecule has 0 saturated carbocycles. The molecule has 0 bridgehead atoms. The van der Waals surface area contributed by atoms with E-state index in [1.807, 2.05) is 0 Å². The summed E-state index contributed by atoms with van der Waals surface area (Å²) in [4.78, 5) is 0. The third-order valence-electron chi connectivity index (χ3n) is 5.72. The predicted molar refractivity (Wildman–Crippen MR) is 115 cm³/mol. The molecule has 0 amide bonds. The van der Waals surface area contributed by atoms with E-state index in [1.165, 1.54) is 49.3 Å². The maximum Gasteiger partial charge on any atom is 0.0785 e. The normalized spacial score (nSPS) is 11.9. The maximum absolute atomic E-state index is 2.41. The van der Waals surface area contributed by atoms with Crippen molar-refractivity contribution in [3.8, 4) is 5.69 Å². The van der Waals surface area contributed by atoms with Crippen molar-refractivity contribution < 1.29 is 0 Å². The predicted octanol–water partition coefficient (Wildman–Crippen LogP) is 6.43. The van der Waals surface area contributed by atoms with E-state index in [9.17, 15) is 0 Å². The van der Waals surface area contributed by atoms with Crippen LogP contribution in [0.15, 0.2) is 91.0 Å². The fraction of sp³-hybridized carbons (Fsp3) is 0.0400. The van der Waals surface area contributed by atoms with Gasteiger partial charge in [-0.3, -0.25) is 0 Å². The lowest BCUT2D eigenvalue weighted by atomic mass is 10.1. The molecule has 6 rings (SSSR count). The average Bonchev–Trinajstić information content (AvgIpc) is 3.22. The van der Waals surface area contributed by atoms with Gasteiger partial charge in [0.25, 0.3) is 0 Å². The van der Waals surface area contributed by atoms with Crippen LogP contribution in [-0.4, -0.2) is 9.13 Å². The van der Waals surface area contributed by atoms with Crippen LogP contribution in [0.3, 0.4) is 0 Å². The van der Waals surface area contributed by atoms with Crippen LogP contribution in [0.5, 0.6) is 0 Å². The molecule has 0 unspecified atom stereocenters. The summed E-state index contributed by atoms with van der Waals surface area (Å²) in [5.41, 5.74) is 6.27. The molecule has 0 N–H and O–H groups in total. The van der Waals surface area contributed by atoms with Crippen molar-refractivity contribution in [1.82, 2.24) is 9.13 Å². The van der Waals surface area contributed by atoms with Gasteiger partial charge in [0.2, 0.25) is 0 Å². The van der Waals surface area contributed by atoms with Gasteiger partial charge in [-0.25, -0.2) is 0 Å². The smallest absolute Gasteiger partial charge is 0.0785 e. The highest BCUT2D eigenvalue weighted by atomic mass is 15.0. The van der Waals surface area contributed by atoms with E-state index in [0.29, 0.717) is 0 Å². The van der Waals surface area contributed by atoms with Gasteiger partial charge in [0, 0.05) is 39.8 Å². The number of para-hydroxylation sites is 3. The number of hydrogen-bond donors (Lipinski definition) is 0. The summed E-state index contributed by atoms with van der Waals surface area (Å²) < 4.78 is 4.75. The average molecular weight is 346 g/mol. The zero-order valence-electron chi connectivity index (χ0n) is 15.1. The Morgan fingerprint density at radius 1 is 0.481 bits per heavy atom. The van der Waals surface area contributed by atoms with E-state index in [-0.39, 0.29) is 0 Å². The number of rotatable bonds is 1. The van der Waals surface area contributed by atoms with Crippen molar-refractivity contribution in [2.75, 3.05) is 0 Å². The van der Waals surface area contributed by atoms with Crippen molar-refractivity contribution in [1.29, 1.82) is 0 Å². The number of nitrogens with zero attached hydrogens (tertiary/aromatic N) is 2. The molecule has 0 atom stereocenters. The Morgan fingerprint density at radius 2 is 1.04 bits per heavy atom. The highest BCUT2D eigenvalue weighted by Gasteiger charge is 2.18. The molecule has 6 aromatic rings. The van der Waals surface area contributed by atoms with Crippen LogP contribution in [0.2, 0.25) is 0 Å². The lowest BCUT2D eigenvalue weighted by Gasteiger charge is -2.09. The second-order valence-corrected chi connectivity index (χ2v) is 7.12. The zero-order valence-corrected chi connectivity index (χ0v) is 15.1. The molecule has 0 saturated heterocycles. The molecule has 4 aromatic carbocycles. The highest BCUT2D eigenvalue weighted by molar-refractivity contribution is 6.23. The van der Waals surface area contributed by atoms with Crippen LogP contribution in [0, 0.1) is 0 Å². The molecule has 27 heavy (non-hydrogen) atoms. The Hall–Kier alpha value is -3.52. The molecular weight excluding hydrogens is 328 g/mol. The topological polar surface area (TPSA) is 9.86 Å². The summed E-state index contributed by atoms with van der Waals surface area (Å²) in [6.07, 6.45) is 0. The number of hydrogen-bond acceptors (Lipinski definition) is 0. The number of benzene rings is 4. The first-order chi connectivity index (χ1) is 13.3. The van der Waals surface area contributed by atoms with E-state index < -0.39 is 0 Å². The minimum atomic E-state index is 1.20. The summed E-state index contributed by atoms with van der Waals surface area (Å²) in [5.74, 6) is 0. The fourth-order valence-corrected chi connectivity index (χ4v) is 4.56. The summed E-state index contributed by atoms with van der Waals surface area (Å²) >= 11 is 0. The minimum absolute atomic E-state index is 1.20. The molecule has 2 heteroatoms. The molecule has 0 aliphatic carbocycles. The van der Waals surface area contributed by atoms with E-state index in [4.69, 9.17) is 0 Å². The molecule has 0 radical (unpaired) electrons. The summed E-state index contributed by atoms with van der Waals surface area (Å²) in [6.45, 7) is 0. The Kier molecular flexibility index (Phi) is 2.84. The first-order valence-corrected chi connectivity index (χ1v) is 9.29. The van der Waals surface area contributed by atoms with E-state index in [0.717, 1.165) is 0 Å². The summed E-state index contributed by atoms with van der Waals surface area (Å²) in [5, 5.41) is 5.21. The second kappa shape index (κ2) is 5.24. The van der Waals surface area contributed by atoms with Crippen LogP contribution >= 0.6 is 0 Å². The molecule has 2 aromatic heterocycles. The van der Waals surface area contributed by atoms with Gasteiger partial charge < -0.3 is 9.13 Å². The second-order valence-electron chi connectivity index (χ2n) is 7.12. The van der Waals surface area contributed by atoms with Crippen molar-refractivity contribution in [2.45, 2.75) is 0 Å². The van der Waals surface area contributed by atoms with Gasteiger partial charge in [-0.05, 0) is 24.3 Å². The molecule has 128 valence electrons. The van der Waals surface area contributed by atoms with Crippen molar-refractivity contribution in [2.24, 2.45) is 7.05 Å². The first kappa shape index (κ1) is 14.6. The van der Waals surface area contributed by atoms with E-state index >= 15 is 0 Å². The zero-order chi connectivity index (χ0) is 18.0. The fourth-order valence-electron chi connectivity index (χ4n) is 4.56. The molecule has 2 nitrogen and oxygen atoms in total. The van der Waals surface area contributed by atoms with Crippen LogP contribution in [-0.2, 0) is 7.05 Å². The lowest BCUT2D eigenvalue weighted by Crippen LogP contribution is -1.96. The summed E-state index contributed by atoms with van der Waals surface area (Å²) in [7, 11) is 2.18. The van der Waals surface area contributed by atoms with Crippen molar-refractivity contribution in [3.63, 3.8) is 0 Å². The van der Waals surface area contributed by atoms with Gasteiger partial charge in [0.1, 0.15) is 0 Å². The quantitative estimate of drug-likeness (QED) is 0.325. The van der Waals surface area contributed by atoms with Crippen molar-refractivity contribution >= 4 is 43.6 Å². The molecule has 0 spiro atoms.